The minimum Gasteiger partial charge on any atom is -0.264 e. The van der Waals surface area contributed by atoms with Gasteiger partial charge in [-0.2, -0.15) is 0 Å². The second kappa shape index (κ2) is 5.72. The summed E-state index contributed by atoms with van der Waals surface area (Å²) in [5, 5.41) is 0.897. The number of pyridine rings is 1. The first kappa shape index (κ1) is 11.1. The van der Waals surface area contributed by atoms with Crippen molar-refractivity contribution in [2.75, 3.05) is 0 Å². The summed E-state index contributed by atoms with van der Waals surface area (Å²) in [4.78, 5) is 4.10. The summed E-state index contributed by atoms with van der Waals surface area (Å²) < 4.78 is 0. The predicted molar refractivity (Wildman–Crippen MR) is 56.6 cm³/mol. The highest BCUT2D eigenvalue weighted by molar-refractivity contribution is 9.08. The minimum atomic E-state index is 0. The van der Waals surface area contributed by atoms with E-state index in [9.17, 15) is 0 Å². The van der Waals surface area contributed by atoms with Crippen molar-refractivity contribution in [2.45, 2.75) is 18.7 Å². The van der Waals surface area contributed by atoms with Crippen LogP contribution in [0.4, 0.5) is 0 Å². The summed E-state index contributed by atoms with van der Waals surface area (Å²) in [6.07, 6.45) is 4.86. The summed E-state index contributed by atoms with van der Waals surface area (Å²) in [7, 11) is 0. The van der Waals surface area contributed by atoms with Gasteiger partial charge < -0.3 is 0 Å². The molecule has 0 bridgehead atoms. The van der Waals surface area contributed by atoms with Crippen molar-refractivity contribution in [3.8, 4) is 0 Å². The van der Waals surface area contributed by atoms with Crippen LogP contribution in [-0.2, 0) is 11.8 Å². The molecule has 0 radical (unpaired) electrons. The molecule has 1 heterocycles. The highest BCUT2D eigenvalue weighted by Gasteiger charge is 1.91. The molecule has 62 valence electrons. The SMILES string of the molecule is Br.CCc1cncc(CBr)c1. The van der Waals surface area contributed by atoms with Crippen LogP contribution in [-0.4, -0.2) is 4.98 Å². The highest BCUT2D eigenvalue weighted by Crippen LogP contribution is 2.06. The van der Waals surface area contributed by atoms with Crippen LogP contribution in [0.1, 0.15) is 18.1 Å². The molecule has 0 spiro atoms. The van der Waals surface area contributed by atoms with Crippen molar-refractivity contribution >= 4 is 32.9 Å². The van der Waals surface area contributed by atoms with E-state index in [1.54, 1.807) is 0 Å². The Bertz CT molecular complexity index is 194. The number of hydrogen-bond donors (Lipinski definition) is 0. The Morgan fingerprint density at radius 1 is 1.36 bits per heavy atom. The topological polar surface area (TPSA) is 12.9 Å². The monoisotopic (exact) mass is 279 g/mol. The number of aromatic nitrogens is 1. The van der Waals surface area contributed by atoms with Gasteiger partial charge in [-0.1, -0.05) is 28.9 Å². The minimum absolute atomic E-state index is 0. The first-order valence-electron chi connectivity index (χ1n) is 3.35. The maximum Gasteiger partial charge on any atom is 0.0308 e. The molecule has 1 aromatic heterocycles. The van der Waals surface area contributed by atoms with Gasteiger partial charge in [-0.25, -0.2) is 0 Å². The van der Waals surface area contributed by atoms with Crippen molar-refractivity contribution in [1.82, 2.24) is 4.98 Å². The van der Waals surface area contributed by atoms with E-state index in [1.807, 2.05) is 12.4 Å². The maximum atomic E-state index is 4.10. The average Bonchev–Trinajstić information content (AvgIpc) is 2.05. The van der Waals surface area contributed by atoms with E-state index >= 15 is 0 Å². The number of alkyl halides is 1. The molecular weight excluding hydrogens is 270 g/mol. The van der Waals surface area contributed by atoms with E-state index in [2.05, 4.69) is 33.9 Å². The van der Waals surface area contributed by atoms with E-state index in [0.29, 0.717) is 0 Å². The molecular formula is C8H11Br2N. The summed E-state index contributed by atoms with van der Waals surface area (Å²) >= 11 is 3.38. The Morgan fingerprint density at radius 3 is 2.55 bits per heavy atom. The normalized spacial score (nSPS) is 8.91. The third-order valence-corrected chi connectivity index (χ3v) is 2.06. The second-order valence-corrected chi connectivity index (χ2v) is 2.75. The molecule has 0 aromatic carbocycles. The fourth-order valence-corrected chi connectivity index (χ4v) is 1.11. The molecule has 1 nitrogen and oxygen atoms in total. The van der Waals surface area contributed by atoms with Crippen molar-refractivity contribution in [1.29, 1.82) is 0 Å². The molecule has 0 aliphatic carbocycles. The molecule has 11 heavy (non-hydrogen) atoms. The van der Waals surface area contributed by atoms with Crippen LogP contribution in [0, 0.1) is 0 Å². The van der Waals surface area contributed by atoms with Gasteiger partial charge in [-0.15, -0.1) is 17.0 Å². The zero-order valence-electron chi connectivity index (χ0n) is 6.38. The van der Waals surface area contributed by atoms with Crippen LogP contribution in [0.5, 0.6) is 0 Å². The third-order valence-electron chi connectivity index (χ3n) is 1.41. The zero-order valence-corrected chi connectivity index (χ0v) is 9.68. The van der Waals surface area contributed by atoms with Gasteiger partial charge in [-0.3, -0.25) is 4.98 Å². The molecule has 3 heteroatoms. The first-order chi connectivity index (χ1) is 4.86. The summed E-state index contributed by atoms with van der Waals surface area (Å²) in [5.74, 6) is 0. The molecule has 1 rings (SSSR count). The van der Waals surface area contributed by atoms with Gasteiger partial charge in [0, 0.05) is 17.7 Å². The predicted octanol–water partition coefficient (Wildman–Crippen LogP) is 3.12. The fourth-order valence-electron chi connectivity index (χ4n) is 0.808. The lowest BCUT2D eigenvalue weighted by molar-refractivity contribution is 1.09. The van der Waals surface area contributed by atoms with E-state index in [4.69, 9.17) is 0 Å². The summed E-state index contributed by atoms with van der Waals surface area (Å²) in [6, 6.07) is 2.17. The van der Waals surface area contributed by atoms with Crippen molar-refractivity contribution < 1.29 is 0 Å². The lowest BCUT2D eigenvalue weighted by Crippen LogP contribution is -1.85. The quantitative estimate of drug-likeness (QED) is 0.759. The number of hydrogen-bond acceptors (Lipinski definition) is 1. The van der Waals surface area contributed by atoms with Crippen molar-refractivity contribution in [3.05, 3.63) is 29.6 Å². The number of aryl methyl sites for hydroxylation is 1. The molecule has 0 saturated carbocycles. The third kappa shape index (κ3) is 3.34. The highest BCUT2D eigenvalue weighted by atomic mass is 79.9. The van der Waals surface area contributed by atoms with Crippen LogP contribution in [0.25, 0.3) is 0 Å². The number of rotatable bonds is 2. The van der Waals surface area contributed by atoms with Crippen molar-refractivity contribution in [2.24, 2.45) is 0 Å². The van der Waals surface area contributed by atoms with Crippen LogP contribution in [0.15, 0.2) is 18.5 Å². The Kier molecular flexibility index (Phi) is 5.78. The molecule has 0 aliphatic heterocycles. The summed E-state index contributed by atoms with van der Waals surface area (Å²) in [5.41, 5.74) is 2.55. The van der Waals surface area contributed by atoms with E-state index < -0.39 is 0 Å². The lowest BCUT2D eigenvalue weighted by Gasteiger charge is -1.97. The molecule has 0 saturated heterocycles. The molecule has 0 N–H and O–H groups in total. The van der Waals surface area contributed by atoms with Gasteiger partial charge in [0.1, 0.15) is 0 Å². The second-order valence-electron chi connectivity index (χ2n) is 2.19. The van der Waals surface area contributed by atoms with Gasteiger partial charge in [0.15, 0.2) is 0 Å². The Balaban J connectivity index is 0.000001000. The molecule has 0 atom stereocenters. The van der Waals surface area contributed by atoms with E-state index in [1.165, 1.54) is 11.1 Å². The van der Waals surface area contributed by atoms with Gasteiger partial charge >= 0.3 is 0 Å². The van der Waals surface area contributed by atoms with E-state index in [0.717, 1.165) is 11.8 Å². The Hall–Kier alpha value is 0.110. The molecule has 0 aliphatic rings. The van der Waals surface area contributed by atoms with Gasteiger partial charge in [0.05, 0.1) is 0 Å². The van der Waals surface area contributed by atoms with Crippen LogP contribution in [0.3, 0.4) is 0 Å². The number of nitrogens with zero attached hydrogens (tertiary/aromatic N) is 1. The summed E-state index contributed by atoms with van der Waals surface area (Å²) in [6.45, 7) is 2.13. The van der Waals surface area contributed by atoms with Gasteiger partial charge in [-0.05, 0) is 17.5 Å². The van der Waals surface area contributed by atoms with Crippen LogP contribution in [0.2, 0.25) is 0 Å². The Labute approximate surface area is 86.1 Å². The van der Waals surface area contributed by atoms with Gasteiger partial charge in [0.2, 0.25) is 0 Å². The largest absolute Gasteiger partial charge is 0.264 e. The van der Waals surface area contributed by atoms with Crippen LogP contribution >= 0.6 is 32.9 Å². The lowest BCUT2D eigenvalue weighted by atomic mass is 10.2. The smallest absolute Gasteiger partial charge is 0.0308 e. The average molecular weight is 281 g/mol. The maximum absolute atomic E-state index is 4.10. The molecule has 0 amide bonds. The zero-order chi connectivity index (χ0) is 7.40. The Morgan fingerprint density at radius 2 is 2.00 bits per heavy atom. The van der Waals surface area contributed by atoms with E-state index in [-0.39, 0.29) is 17.0 Å². The molecule has 0 fully saturated rings. The van der Waals surface area contributed by atoms with Crippen LogP contribution < -0.4 is 0 Å². The van der Waals surface area contributed by atoms with Gasteiger partial charge in [0.25, 0.3) is 0 Å². The van der Waals surface area contributed by atoms with Crippen molar-refractivity contribution in [3.63, 3.8) is 0 Å². The number of halogens is 2. The molecule has 0 unspecified atom stereocenters. The first-order valence-corrected chi connectivity index (χ1v) is 4.47. The fraction of sp³-hybridized carbons (Fsp3) is 0.375. The molecule has 1 aromatic rings. The standard InChI is InChI=1S/C8H10BrN.BrH/c1-2-7-3-8(4-9)6-10-5-7;/h3,5-6H,2,4H2,1H3;1H.